The average Bonchev–Trinajstić information content (AvgIpc) is 2.79. The van der Waals surface area contributed by atoms with Gasteiger partial charge in [-0.3, -0.25) is 24.0 Å². The number of benzene rings is 2. The molecular formula is C24H31FN4O7S. The summed E-state index contributed by atoms with van der Waals surface area (Å²) in [6, 6.07) is 7.90. The van der Waals surface area contributed by atoms with Crippen LogP contribution in [-0.4, -0.2) is 61.5 Å². The number of carbonyl (C=O) groups excluding carboxylic acids is 2. The van der Waals surface area contributed by atoms with Gasteiger partial charge in [-0.1, -0.05) is 18.2 Å². The summed E-state index contributed by atoms with van der Waals surface area (Å²) in [5.41, 5.74) is -1.17. The van der Waals surface area contributed by atoms with Gasteiger partial charge in [0.1, 0.15) is 29.8 Å². The van der Waals surface area contributed by atoms with E-state index in [4.69, 9.17) is 4.74 Å². The van der Waals surface area contributed by atoms with Crippen molar-refractivity contribution in [3.8, 4) is 5.75 Å². The highest BCUT2D eigenvalue weighted by Crippen LogP contribution is 2.34. The molecule has 0 radical (unpaired) electrons. The molecule has 11 nitrogen and oxygen atoms in total. The van der Waals surface area contributed by atoms with Gasteiger partial charge in [0.05, 0.1) is 18.3 Å². The van der Waals surface area contributed by atoms with E-state index in [9.17, 15) is 32.5 Å². The number of nitrogens with zero attached hydrogens (tertiary/aromatic N) is 3. The lowest BCUT2D eigenvalue weighted by Gasteiger charge is -2.33. The van der Waals surface area contributed by atoms with Crippen LogP contribution in [0.15, 0.2) is 42.5 Å². The second-order valence-corrected chi connectivity index (χ2v) is 11.3. The third-order valence-corrected chi connectivity index (χ3v) is 6.41. The van der Waals surface area contributed by atoms with Gasteiger partial charge in [0.25, 0.3) is 5.69 Å². The van der Waals surface area contributed by atoms with E-state index in [-0.39, 0.29) is 23.5 Å². The molecule has 0 fully saturated rings. The monoisotopic (exact) mass is 538 g/mol. The van der Waals surface area contributed by atoms with Crippen LogP contribution in [0.2, 0.25) is 0 Å². The third kappa shape index (κ3) is 7.87. The predicted octanol–water partition coefficient (Wildman–Crippen LogP) is 2.84. The molecule has 0 bridgehead atoms. The number of nitrogens with one attached hydrogen (secondary N) is 1. The number of nitro benzene ring substituents is 1. The fraction of sp³-hybridized carbons (Fsp3) is 0.417. The van der Waals surface area contributed by atoms with E-state index in [1.54, 1.807) is 26.8 Å². The number of halogens is 1. The number of anilines is 1. The van der Waals surface area contributed by atoms with E-state index < -0.39 is 56.4 Å². The zero-order valence-electron chi connectivity index (χ0n) is 21.5. The Morgan fingerprint density at radius 3 is 2.32 bits per heavy atom. The standard InChI is InChI=1S/C24H31FN4O7S/c1-16(23(31)26-24(2,3)4)27(14-17-9-7-8-10-19(17)25)22(30)15-28(37(6,34)35)20-13-18(29(32)33)11-12-21(20)36-5/h7-13,16H,14-15H2,1-6H3,(H,26,31)/t16-/m0/s1. The molecule has 202 valence electrons. The van der Waals surface area contributed by atoms with Crippen molar-refractivity contribution < 1.29 is 32.1 Å². The quantitative estimate of drug-likeness (QED) is 0.362. The van der Waals surface area contributed by atoms with Crippen LogP contribution in [0, 0.1) is 15.9 Å². The minimum absolute atomic E-state index is 0.0250. The predicted molar refractivity (Wildman–Crippen MR) is 136 cm³/mol. The highest BCUT2D eigenvalue weighted by molar-refractivity contribution is 7.92. The van der Waals surface area contributed by atoms with Gasteiger partial charge >= 0.3 is 0 Å². The molecule has 2 amide bonds. The van der Waals surface area contributed by atoms with E-state index in [2.05, 4.69) is 5.32 Å². The number of carbonyl (C=O) groups is 2. The number of hydrogen-bond acceptors (Lipinski definition) is 7. The Hall–Kier alpha value is -3.74. The molecule has 0 aliphatic carbocycles. The summed E-state index contributed by atoms with van der Waals surface area (Å²) >= 11 is 0. The van der Waals surface area contributed by atoms with E-state index in [1.165, 1.54) is 38.3 Å². The van der Waals surface area contributed by atoms with E-state index in [1.807, 2.05) is 0 Å². The van der Waals surface area contributed by atoms with Gasteiger partial charge in [-0.15, -0.1) is 0 Å². The molecule has 0 saturated heterocycles. The SMILES string of the molecule is COc1ccc([N+](=O)[O-])cc1N(CC(=O)N(Cc1ccccc1F)[C@@H](C)C(=O)NC(C)(C)C)S(C)(=O)=O. The molecule has 0 aromatic heterocycles. The number of amides is 2. The summed E-state index contributed by atoms with van der Waals surface area (Å²) in [5.74, 6) is -2.00. The minimum atomic E-state index is -4.17. The van der Waals surface area contributed by atoms with Crippen LogP contribution >= 0.6 is 0 Å². The topological polar surface area (TPSA) is 139 Å². The lowest BCUT2D eigenvalue weighted by Crippen LogP contribution is -2.54. The van der Waals surface area contributed by atoms with Crippen molar-refractivity contribution >= 4 is 33.2 Å². The summed E-state index contributed by atoms with van der Waals surface area (Å²) in [5, 5.41) is 14.1. The molecule has 2 rings (SSSR count). The highest BCUT2D eigenvalue weighted by Gasteiger charge is 2.33. The Kier molecular flexibility index (Phi) is 9.20. The Morgan fingerprint density at radius 1 is 1.19 bits per heavy atom. The minimum Gasteiger partial charge on any atom is -0.495 e. The molecule has 0 aliphatic rings. The highest BCUT2D eigenvalue weighted by atomic mass is 32.2. The summed E-state index contributed by atoms with van der Waals surface area (Å²) in [7, 11) is -2.92. The van der Waals surface area contributed by atoms with Crippen molar-refractivity contribution in [2.75, 3.05) is 24.2 Å². The second kappa shape index (κ2) is 11.5. The van der Waals surface area contributed by atoms with E-state index >= 15 is 0 Å². The largest absolute Gasteiger partial charge is 0.495 e. The molecule has 1 N–H and O–H groups in total. The normalized spacial score (nSPS) is 12.4. The van der Waals surface area contributed by atoms with Crippen LogP contribution in [0.4, 0.5) is 15.8 Å². The van der Waals surface area contributed by atoms with Gasteiger partial charge in [-0.25, -0.2) is 12.8 Å². The van der Waals surface area contributed by atoms with Gasteiger partial charge in [0, 0.05) is 29.8 Å². The van der Waals surface area contributed by atoms with Crippen molar-refractivity contribution in [2.24, 2.45) is 0 Å². The van der Waals surface area contributed by atoms with Crippen LogP contribution in [0.1, 0.15) is 33.3 Å². The summed E-state index contributed by atoms with van der Waals surface area (Å²) < 4.78 is 45.8. The first-order chi connectivity index (χ1) is 17.0. The molecule has 0 saturated carbocycles. The van der Waals surface area contributed by atoms with Crippen LogP contribution < -0.4 is 14.4 Å². The van der Waals surface area contributed by atoms with Crippen LogP contribution in [0.25, 0.3) is 0 Å². The van der Waals surface area contributed by atoms with Crippen LogP contribution in [0.3, 0.4) is 0 Å². The van der Waals surface area contributed by atoms with Gasteiger partial charge in [0.2, 0.25) is 21.8 Å². The first-order valence-electron chi connectivity index (χ1n) is 11.2. The molecule has 1 atom stereocenters. The summed E-state index contributed by atoms with van der Waals surface area (Å²) in [4.78, 5) is 38.1. The lowest BCUT2D eigenvalue weighted by atomic mass is 10.1. The maximum absolute atomic E-state index is 14.5. The number of sulfonamides is 1. The van der Waals surface area contributed by atoms with Gasteiger partial charge in [-0.2, -0.15) is 0 Å². The van der Waals surface area contributed by atoms with Crippen molar-refractivity contribution in [3.63, 3.8) is 0 Å². The Morgan fingerprint density at radius 2 is 1.81 bits per heavy atom. The van der Waals surface area contributed by atoms with Gasteiger partial charge in [-0.05, 0) is 39.8 Å². The zero-order valence-corrected chi connectivity index (χ0v) is 22.3. The summed E-state index contributed by atoms with van der Waals surface area (Å²) in [6.07, 6.45) is 0.829. The molecule has 0 spiro atoms. The van der Waals surface area contributed by atoms with E-state index in [0.717, 1.165) is 23.3 Å². The molecule has 0 unspecified atom stereocenters. The molecule has 0 heterocycles. The average molecular weight is 539 g/mol. The van der Waals surface area contributed by atoms with Gasteiger partial charge in [0.15, 0.2) is 0 Å². The van der Waals surface area contributed by atoms with Crippen molar-refractivity contribution in [1.82, 2.24) is 10.2 Å². The molecule has 2 aromatic carbocycles. The van der Waals surface area contributed by atoms with Crippen molar-refractivity contribution in [3.05, 3.63) is 64.0 Å². The zero-order chi connectivity index (χ0) is 28.1. The molecule has 13 heteroatoms. The van der Waals surface area contributed by atoms with Crippen molar-refractivity contribution in [2.45, 2.75) is 45.8 Å². The maximum atomic E-state index is 14.5. The number of hydrogen-bond donors (Lipinski definition) is 1. The Labute approximate surface area is 215 Å². The first kappa shape index (κ1) is 29.5. The molecule has 0 aliphatic heterocycles. The third-order valence-electron chi connectivity index (χ3n) is 5.29. The number of nitro groups is 1. The van der Waals surface area contributed by atoms with Crippen LogP contribution in [-0.2, 0) is 26.2 Å². The smallest absolute Gasteiger partial charge is 0.271 e. The molecule has 2 aromatic rings. The molecular weight excluding hydrogens is 507 g/mol. The van der Waals surface area contributed by atoms with Crippen molar-refractivity contribution in [1.29, 1.82) is 0 Å². The summed E-state index contributed by atoms with van der Waals surface area (Å²) in [6.45, 7) is 5.55. The van der Waals surface area contributed by atoms with Crippen LogP contribution in [0.5, 0.6) is 5.75 Å². The van der Waals surface area contributed by atoms with E-state index in [0.29, 0.717) is 4.31 Å². The number of non-ortho nitro benzene ring substituents is 1. The second-order valence-electron chi connectivity index (χ2n) is 9.41. The first-order valence-corrected chi connectivity index (χ1v) is 13.0. The fourth-order valence-electron chi connectivity index (χ4n) is 3.45. The fourth-order valence-corrected chi connectivity index (χ4v) is 4.29. The maximum Gasteiger partial charge on any atom is 0.271 e. The number of rotatable bonds is 10. The lowest BCUT2D eigenvalue weighted by molar-refractivity contribution is -0.384. The van der Waals surface area contributed by atoms with Gasteiger partial charge < -0.3 is 15.0 Å². The number of methoxy groups -OCH3 is 1. The molecule has 37 heavy (non-hydrogen) atoms. The Balaban J connectivity index is 2.55. The Bertz CT molecular complexity index is 1280. The number of ether oxygens (including phenoxy) is 1.